The largest absolute Gasteiger partial charge is 0.478 e. The second-order valence-electron chi connectivity index (χ2n) is 3.72. The van der Waals surface area contributed by atoms with Crippen molar-refractivity contribution in [3.63, 3.8) is 0 Å². The molecule has 0 atom stereocenters. The third-order valence-corrected chi connectivity index (χ3v) is 2.50. The van der Waals surface area contributed by atoms with E-state index in [2.05, 4.69) is 4.98 Å². The van der Waals surface area contributed by atoms with Gasteiger partial charge in [-0.05, 0) is 25.1 Å². The first kappa shape index (κ1) is 11.1. The second-order valence-corrected chi connectivity index (χ2v) is 3.72. The van der Waals surface area contributed by atoms with Gasteiger partial charge in [-0.3, -0.25) is 4.79 Å². The molecule has 0 aliphatic rings. The summed E-state index contributed by atoms with van der Waals surface area (Å²) >= 11 is 0. The molecule has 1 aromatic heterocycles. The van der Waals surface area contributed by atoms with E-state index in [1.165, 1.54) is 12.1 Å². The second kappa shape index (κ2) is 3.89. The van der Waals surface area contributed by atoms with E-state index in [1.54, 1.807) is 17.6 Å². The van der Waals surface area contributed by atoms with E-state index in [-0.39, 0.29) is 12.1 Å². The van der Waals surface area contributed by atoms with E-state index in [0.29, 0.717) is 16.9 Å². The van der Waals surface area contributed by atoms with E-state index < -0.39 is 11.9 Å². The van der Waals surface area contributed by atoms with Gasteiger partial charge in [-0.25, -0.2) is 9.78 Å². The van der Waals surface area contributed by atoms with Crippen molar-refractivity contribution in [2.75, 3.05) is 0 Å². The molecule has 0 fully saturated rings. The van der Waals surface area contributed by atoms with Crippen molar-refractivity contribution in [3.05, 3.63) is 29.6 Å². The molecule has 0 aliphatic carbocycles. The zero-order chi connectivity index (χ0) is 12.6. The number of benzene rings is 1. The first-order chi connectivity index (χ1) is 7.99. The highest BCUT2D eigenvalue weighted by molar-refractivity contribution is 5.92. The van der Waals surface area contributed by atoms with Gasteiger partial charge in [-0.2, -0.15) is 0 Å². The lowest BCUT2D eigenvalue weighted by atomic mass is 10.2. The van der Waals surface area contributed by atoms with Gasteiger partial charge < -0.3 is 15.4 Å². The Kier molecular flexibility index (Phi) is 2.55. The number of hydrogen-bond donors (Lipinski definition) is 2. The Labute approximate surface area is 96.7 Å². The molecule has 6 heteroatoms. The number of aromatic carboxylic acids is 1. The van der Waals surface area contributed by atoms with Crippen LogP contribution >= 0.6 is 0 Å². The number of rotatable bonds is 3. The number of hydrogen-bond acceptors (Lipinski definition) is 3. The van der Waals surface area contributed by atoms with Crippen LogP contribution in [0.4, 0.5) is 0 Å². The van der Waals surface area contributed by atoms with E-state index in [0.717, 1.165) is 0 Å². The maximum Gasteiger partial charge on any atom is 0.335 e. The maximum atomic E-state index is 10.9. The number of aromatic nitrogens is 2. The van der Waals surface area contributed by atoms with Gasteiger partial charge in [0.15, 0.2) is 0 Å². The van der Waals surface area contributed by atoms with Crippen LogP contribution in [0.15, 0.2) is 18.2 Å². The van der Waals surface area contributed by atoms with E-state index in [4.69, 9.17) is 10.8 Å². The Morgan fingerprint density at radius 1 is 1.47 bits per heavy atom. The standard InChI is InChI=1S/C11H11N3O3/c1-6-13-8-3-2-7(11(16)17)4-9(8)14(6)5-10(12)15/h2-4H,5H2,1H3,(H2,12,15)(H,16,17). The molecule has 2 aromatic rings. The molecule has 1 amide bonds. The van der Waals surface area contributed by atoms with Gasteiger partial charge in [0.2, 0.25) is 5.91 Å². The molecular formula is C11H11N3O3. The monoisotopic (exact) mass is 233 g/mol. The topological polar surface area (TPSA) is 98.2 Å². The van der Waals surface area contributed by atoms with E-state index in [1.807, 2.05) is 0 Å². The summed E-state index contributed by atoms with van der Waals surface area (Å²) in [4.78, 5) is 26.0. The fraction of sp³-hybridized carbons (Fsp3) is 0.182. The predicted molar refractivity (Wildman–Crippen MR) is 60.6 cm³/mol. The highest BCUT2D eigenvalue weighted by atomic mass is 16.4. The first-order valence-electron chi connectivity index (χ1n) is 4.97. The minimum atomic E-state index is -1.02. The molecule has 1 heterocycles. The Hall–Kier alpha value is -2.37. The average molecular weight is 233 g/mol. The molecule has 0 aliphatic heterocycles. The lowest BCUT2D eigenvalue weighted by Crippen LogP contribution is -2.19. The van der Waals surface area contributed by atoms with Crippen molar-refractivity contribution in [1.82, 2.24) is 9.55 Å². The molecule has 17 heavy (non-hydrogen) atoms. The number of carboxylic acid groups (broad SMARTS) is 1. The maximum absolute atomic E-state index is 10.9. The van der Waals surface area contributed by atoms with Crippen molar-refractivity contribution >= 4 is 22.9 Å². The summed E-state index contributed by atoms with van der Waals surface area (Å²) in [5.41, 5.74) is 6.54. The molecule has 0 unspecified atom stereocenters. The summed E-state index contributed by atoms with van der Waals surface area (Å²) in [5, 5.41) is 8.90. The summed E-state index contributed by atoms with van der Waals surface area (Å²) in [6.07, 6.45) is 0. The molecule has 88 valence electrons. The van der Waals surface area contributed by atoms with Crippen LogP contribution in [-0.4, -0.2) is 26.5 Å². The van der Waals surface area contributed by atoms with Crippen LogP contribution in [0.5, 0.6) is 0 Å². The number of carboxylic acids is 1. The Morgan fingerprint density at radius 3 is 2.76 bits per heavy atom. The molecule has 3 N–H and O–H groups in total. The van der Waals surface area contributed by atoms with Crippen LogP contribution in [0, 0.1) is 6.92 Å². The van der Waals surface area contributed by atoms with Gasteiger partial charge in [-0.15, -0.1) is 0 Å². The molecule has 0 saturated heterocycles. The molecule has 1 aromatic carbocycles. The Morgan fingerprint density at radius 2 is 2.18 bits per heavy atom. The molecule has 0 bridgehead atoms. The number of nitrogens with zero attached hydrogens (tertiary/aromatic N) is 2. The average Bonchev–Trinajstić information content (AvgIpc) is 2.54. The van der Waals surface area contributed by atoms with Crippen LogP contribution in [0.1, 0.15) is 16.2 Å². The number of aryl methyl sites for hydroxylation is 1. The number of carbonyl (C=O) groups excluding carboxylic acids is 1. The van der Waals surface area contributed by atoms with Gasteiger partial charge in [0.1, 0.15) is 12.4 Å². The minimum absolute atomic E-state index is 0.00853. The third kappa shape index (κ3) is 1.96. The lowest BCUT2D eigenvalue weighted by molar-refractivity contribution is -0.118. The first-order valence-corrected chi connectivity index (χ1v) is 4.97. The van der Waals surface area contributed by atoms with Crippen LogP contribution in [0.2, 0.25) is 0 Å². The van der Waals surface area contributed by atoms with Crippen molar-refractivity contribution in [2.24, 2.45) is 5.73 Å². The Bertz CT molecular complexity index is 616. The number of amides is 1. The van der Waals surface area contributed by atoms with Crippen molar-refractivity contribution in [3.8, 4) is 0 Å². The van der Waals surface area contributed by atoms with Crippen molar-refractivity contribution in [1.29, 1.82) is 0 Å². The van der Waals surface area contributed by atoms with Crippen LogP contribution in [-0.2, 0) is 11.3 Å². The molecular weight excluding hydrogens is 222 g/mol. The lowest BCUT2D eigenvalue weighted by Gasteiger charge is -2.03. The smallest absolute Gasteiger partial charge is 0.335 e. The number of carbonyl (C=O) groups is 2. The predicted octanol–water partition coefficient (Wildman–Crippen LogP) is 0.528. The Balaban J connectivity index is 2.64. The third-order valence-electron chi connectivity index (χ3n) is 2.50. The van der Waals surface area contributed by atoms with Gasteiger partial charge >= 0.3 is 5.97 Å². The van der Waals surface area contributed by atoms with Gasteiger partial charge in [0.05, 0.1) is 16.6 Å². The number of fused-ring (bicyclic) bond motifs is 1. The van der Waals surface area contributed by atoms with E-state index >= 15 is 0 Å². The summed E-state index contributed by atoms with van der Waals surface area (Å²) in [6.45, 7) is 1.73. The van der Waals surface area contributed by atoms with Crippen LogP contribution in [0.3, 0.4) is 0 Å². The number of primary amides is 1. The number of nitrogens with two attached hydrogens (primary N) is 1. The highest BCUT2D eigenvalue weighted by Crippen LogP contribution is 2.17. The molecule has 2 rings (SSSR count). The molecule has 6 nitrogen and oxygen atoms in total. The van der Waals surface area contributed by atoms with Gasteiger partial charge in [0.25, 0.3) is 0 Å². The summed E-state index contributed by atoms with van der Waals surface area (Å²) in [7, 11) is 0. The quantitative estimate of drug-likeness (QED) is 0.807. The number of imidazole rings is 1. The zero-order valence-corrected chi connectivity index (χ0v) is 9.17. The molecule has 0 radical (unpaired) electrons. The zero-order valence-electron chi connectivity index (χ0n) is 9.17. The van der Waals surface area contributed by atoms with Crippen LogP contribution in [0.25, 0.3) is 11.0 Å². The van der Waals surface area contributed by atoms with Gasteiger partial charge in [-0.1, -0.05) is 0 Å². The van der Waals surface area contributed by atoms with Crippen LogP contribution < -0.4 is 5.73 Å². The van der Waals surface area contributed by atoms with Crippen molar-refractivity contribution < 1.29 is 14.7 Å². The van der Waals surface area contributed by atoms with Crippen molar-refractivity contribution in [2.45, 2.75) is 13.5 Å². The molecule has 0 saturated carbocycles. The summed E-state index contributed by atoms with van der Waals surface area (Å²) in [6, 6.07) is 4.58. The normalized spacial score (nSPS) is 10.6. The summed E-state index contributed by atoms with van der Waals surface area (Å²) in [5.74, 6) is -0.883. The summed E-state index contributed by atoms with van der Waals surface area (Å²) < 4.78 is 1.60. The van der Waals surface area contributed by atoms with E-state index in [9.17, 15) is 9.59 Å². The fourth-order valence-electron chi connectivity index (χ4n) is 1.73. The fourth-order valence-corrected chi connectivity index (χ4v) is 1.73. The highest BCUT2D eigenvalue weighted by Gasteiger charge is 2.11. The SMILES string of the molecule is Cc1nc2ccc(C(=O)O)cc2n1CC(N)=O. The molecule has 0 spiro atoms. The minimum Gasteiger partial charge on any atom is -0.478 e. The van der Waals surface area contributed by atoms with Gasteiger partial charge in [0, 0.05) is 0 Å².